The van der Waals surface area contributed by atoms with E-state index in [0.29, 0.717) is 29.0 Å². The molecule has 4 N–H and O–H groups in total. The molecule has 0 aliphatic rings. The maximum Gasteiger partial charge on any atom is 0.123 e. The number of aromatic hydroxyl groups is 2. The number of hydrogen-bond acceptors (Lipinski definition) is 6. The molecule has 6 nitrogen and oxygen atoms in total. The van der Waals surface area contributed by atoms with Crippen LogP contribution in [0.15, 0.2) is 36.4 Å². The molecule has 0 aliphatic heterocycles. The van der Waals surface area contributed by atoms with Crippen LogP contribution in [-0.4, -0.2) is 46.9 Å². The first-order chi connectivity index (χ1) is 11.1. The van der Waals surface area contributed by atoms with Gasteiger partial charge in [-0.2, -0.15) is 0 Å². The van der Waals surface area contributed by atoms with Crippen LogP contribution in [0.3, 0.4) is 0 Å². The lowest BCUT2D eigenvalue weighted by Gasteiger charge is -2.11. The molecule has 0 aliphatic carbocycles. The van der Waals surface area contributed by atoms with Crippen molar-refractivity contribution in [2.75, 3.05) is 26.4 Å². The summed E-state index contributed by atoms with van der Waals surface area (Å²) in [5.41, 5.74) is 1.28. The highest BCUT2D eigenvalue weighted by molar-refractivity contribution is 5.46. The Bertz CT molecular complexity index is 585. The number of aliphatic hydroxyl groups is 2. The summed E-state index contributed by atoms with van der Waals surface area (Å²) in [6.07, 6.45) is 0.345. The molecule has 0 saturated carbocycles. The van der Waals surface area contributed by atoms with Gasteiger partial charge >= 0.3 is 0 Å². The van der Waals surface area contributed by atoms with Gasteiger partial charge in [-0.3, -0.25) is 0 Å². The third-order valence-electron chi connectivity index (χ3n) is 3.21. The van der Waals surface area contributed by atoms with Crippen molar-refractivity contribution in [3.8, 4) is 23.0 Å². The molecule has 0 fully saturated rings. The average molecular weight is 320 g/mol. The van der Waals surface area contributed by atoms with Crippen molar-refractivity contribution in [1.29, 1.82) is 0 Å². The van der Waals surface area contributed by atoms with Gasteiger partial charge in [0.1, 0.15) is 36.2 Å². The van der Waals surface area contributed by atoms with Crippen molar-refractivity contribution in [2.24, 2.45) is 0 Å². The number of hydrogen-bond donors (Lipinski definition) is 4. The van der Waals surface area contributed by atoms with Crippen LogP contribution in [0.5, 0.6) is 23.0 Å². The zero-order chi connectivity index (χ0) is 16.7. The quantitative estimate of drug-likeness (QED) is 0.587. The van der Waals surface area contributed by atoms with E-state index in [1.54, 1.807) is 24.3 Å². The van der Waals surface area contributed by atoms with Gasteiger partial charge in [0, 0.05) is 18.6 Å². The van der Waals surface area contributed by atoms with Crippen molar-refractivity contribution >= 4 is 0 Å². The Kier molecular flexibility index (Phi) is 6.08. The maximum absolute atomic E-state index is 10.0. The van der Waals surface area contributed by atoms with Crippen LogP contribution in [0.4, 0.5) is 0 Å². The number of benzene rings is 2. The standard InChI is InChI=1S/C17H20O6/c18-5-7-22-14-3-1-12(16(20)10-14)9-13-2-4-15(11-17(13)21)23-8-6-19/h1-4,10-11,18-21H,5-9H2. The summed E-state index contributed by atoms with van der Waals surface area (Å²) in [5, 5.41) is 37.5. The Labute approximate surface area is 134 Å². The van der Waals surface area contributed by atoms with E-state index in [-0.39, 0.29) is 37.9 Å². The molecule has 0 saturated heterocycles. The monoisotopic (exact) mass is 320 g/mol. The molecule has 0 unspecified atom stereocenters. The van der Waals surface area contributed by atoms with Crippen molar-refractivity contribution in [3.63, 3.8) is 0 Å². The van der Waals surface area contributed by atoms with Gasteiger partial charge < -0.3 is 29.9 Å². The fourth-order valence-electron chi connectivity index (χ4n) is 2.10. The van der Waals surface area contributed by atoms with E-state index in [4.69, 9.17) is 19.7 Å². The summed E-state index contributed by atoms with van der Waals surface area (Å²) >= 11 is 0. The largest absolute Gasteiger partial charge is 0.508 e. The fraction of sp³-hybridized carbons (Fsp3) is 0.294. The number of phenols is 2. The van der Waals surface area contributed by atoms with E-state index in [1.165, 1.54) is 12.1 Å². The molecule has 124 valence electrons. The SMILES string of the molecule is OCCOc1ccc(Cc2ccc(OCCO)cc2O)c(O)c1. The van der Waals surface area contributed by atoms with Crippen molar-refractivity contribution in [3.05, 3.63) is 47.5 Å². The first-order valence-electron chi connectivity index (χ1n) is 7.25. The van der Waals surface area contributed by atoms with Crippen molar-refractivity contribution in [1.82, 2.24) is 0 Å². The third-order valence-corrected chi connectivity index (χ3v) is 3.21. The number of ether oxygens (including phenoxy) is 2. The maximum atomic E-state index is 10.0. The van der Waals surface area contributed by atoms with Crippen molar-refractivity contribution in [2.45, 2.75) is 6.42 Å². The van der Waals surface area contributed by atoms with Gasteiger partial charge in [-0.1, -0.05) is 12.1 Å². The topological polar surface area (TPSA) is 99.4 Å². The molecule has 0 radical (unpaired) electrons. The molecule has 6 heteroatoms. The zero-order valence-electron chi connectivity index (χ0n) is 12.6. The third kappa shape index (κ3) is 4.77. The highest BCUT2D eigenvalue weighted by Crippen LogP contribution is 2.30. The Hall–Kier alpha value is -2.44. The van der Waals surface area contributed by atoms with E-state index < -0.39 is 0 Å². The first kappa shape index (κ1) is 16.9. The molecule has 2 aromatic carbocycles. The van der Waals surface area contributed by atoms with Crippen LogP contribution < -0.4 is 9.47 Å². The number of phenolic OH excluding ortho intramolecular Hbond substituents is 2. The van der Waals surface area contributed by atoms with Gasteiger partial charge in [-0.15, -0.1) is 0 Å². The Balaban J connectivity index is 2.09. The average Bonchev–Trinajstić information content (AvgIpc) is 2.55. The minimum absolute atomic E-state index is 0.0560. The molecule has 0 aromatic heterocycles. The zero-order valence-corrected chi connectivity index (χ0v) is 12.6. The Morgan fingerprint density at radius 3 is 1.48 bits per heavy atom. The summed E-state index contributed by atoms with van der Waals surface area (Å²) in [6, 6.07) is 9.75. The first-order valence-corrected chi connectivity index (χ1v) is 7.25. The van der Waals surface area contributed by atoms with E-state index >= 15 is 0 Å². The molecular weight excluding hydrogens is 300 g/mol. The Morgan fingerprint density at radius 1 is 0.696 bits per heavy atom. The van der Waals surface area contributed by atoms with Crippen LogP contribution in [0.1, 0.15) is 11.1 Å². The Morgan fingerprint density at radius 2 is 1.13 bits per heavy atom. The van der Waals surface area contributed by atoms with Crippen LogP contribution in [0.25, 0.3) is 0 Å². The van der Waals surface area contributed by atoms with E-state index in [9.17, 15) is 10.2 Å². The van der Waals surface area contributed by atoms with E-state index in [2.05, 4.69) is 0 Å². The molecule has 0 heterocycles. The van der Waals surface area contributed by atoms with Gasteiger partial charge in [-0.25, -0.2) is 0 Å². The lowest BCUT2D eigenvalue weighted by Crippen LogP contribution is -2.02. The minimum Gasteiger partial charge on any atom is -0.508 e. The van der Waals surface area contributed by atoms with Crippen LogP contribution in [-0.2, 0) is 6.42 Å². The molecular formula is C17H20O6. The normalized spacial score (nSPS) is 10.5. The van der Waals surface area contributed by atoms with E-state index in [0.717, 1.165) is 0 Å². The highest BCUT2D eigenvalue weighted by atomic mass is 16.5. The molecule has 0 spiro atoms. The minimum atomic E-state index is -0.0961. The molecule has 0 atom stereocenters. The second-order valence-corrected chi connectivity index (χ2v) is 4.90. The second-order valence-electron chi connectivity index (χ2n) is 4.90. The van der Waals surface area contributed by atoms with Crippen LogP contribution in [0.2, 0.25) is 0 Å². The molecule has 0 bridgehead atoms. The van der Waals surface area contributed by atoms with Gasteiger partial charge in [0.25, 0.3) is 0 Å². The smallest absolute Gasteiger partial charge is 0.123 e. The number of rotatable bonds is 8. The summed E-state index contributed by atoms with van der Waals surface area (Å²) in [7, 11) is 0. The van der Waals surface area contributed by atoms with Gasteiger partial charge in [0.05, 0.1) is 13.2 Å². The molecule has 2 aromatic rings. The second kappa shape index (κ2) is 8.26. The lowest BCUT2D eigenvalue weighted by molar-refractivity contribution is 0.201. The highest BCUT2D eigenvalue weighted by Gasteiger charge is 2.09. The fourth-order valence-corrected chi connectivity index (χ4v) is 2.10. The summed E-state index contributed by atoms with van der Waals surface area (Å²) in [4.78, 5) is 0. The summed E-state index contributed by atoms with van der Waals surface area (Å²) in [5.74, 6) is 1.05. The molecule has 2 rings (SSSR count). The summed E-state index contributed by atoms with van der Waals surface area (Å²) < 4.78 is 10.4. The van der Waals surface area contributed by atoms with E-state index in [1.807, 2.05) is 0 Å². The summed E-state index contributed by atoms with van der Waals surface area (Å²) in [6.45, 7) is 0.131. The van der Waals surface area contributed by atoms with Gasteiger partial charge in [0.15, 0.2) is 0 Å². The molecule has 0 amide bonds. The lowest BCUT2D eigenvalue weighted by atomic mass is 10.0. The van der Waals surface area contributed by atoms with Crippen molar-refractivity contribution < 1.29 is 29.9 Å². The number of aliphatic hydroxyl groups excluding tert-OH is 2. The van der Waals surface area contributed by atoms with Crippen LogP contribution in [0, 0.1) is 0 Å². The van der Waals surface area contributed by atoms with Crippen LogP contribution >= 0.6 is 0 Å². The van der Waals surface area contributed by atoms with Gasteiger partial charge in [0.2, 0.25) is 0 Å². The predicted octanol–water partition coefficient (Wildman–Crippen LogP) is 1.43. The predicted molar refractivity (Wildman–Crippen MR) is 84.2 cm³/mol. The molecule has 23 heavy (non-hydrogen) atoms. The van der Waals surface area contributed by atoms with Gasteiger partial charge in [-0.05, 0) is 23.3 Å².